The first kappa shape index (κ1) is 30.2. The molecule has 5 aliphatic rings. The predicted molar refractivity (Wildman–Crippen MR) is 152 cm³/mol. The standard InChI is InChI=1S/C32H45NO8/c1-18-7-6-8-23-17-38-29-27(33-37)21(4)14-26(32(23,29)36)30(35)39-25-15-24(10-9-19(2)13-18)40-31(16-25)12-11-20(3)28(41-31)22(5)34/h6-9,14,18,20,22,24-26,28-29,34,36-37H,10-13,15-17H2,1-5H3/b7-6+,19-9+,23-8+,33-27-/t18-,20-,22?,24+,25-,26-,28-,29+,31+,32+/m0/s1. The lowest BCUT2D eigenvalue weighted by atomic mass is 9.71. The molecule has 5 rings (SSSR count). The summed E-state index contributed by atoms with van der Waals surface area (Å²) in [4.78, 5) is 13.9. The number of carbonyl (C=O) groups excluding carboxylic acids is 1. The number of aliphatic hydroxyl groups excluding tert-OH is 1. The van der Waals surface area contributed by atoms with Crippen LogP contribution in [-0.4, -0.2) is 75.6 Å². The van der Waals surface area contributed by atoms with Crippen LogP contribution in [0.3, 0.4) is 0 Å². The zero-order chi connectivity index (χ0) is 29.5. The summed E-state index contributed by atoms with van der Waals surface area (Å²) in [5, 5.41) is 35.7. The third-order valence-corrected chi connectivity index (χ3v) is 9.43. The Labute approximate surface area is 242 Å². The maximum Gasteiger partial charge on any atom is 0.316 e. The van der Waals surface area contributed by atoms with Gasteiger partial charge in [0.2, 0.25) is 0 Å². The molecule has 1 aliphatic carbocycles. The number of oxime groups is 1. The van der Waals surface area contributed by atoms with Crippen molar-refractivity contribution in [3.05, 3.63) is 47.1 Å². The molecule has 1 spiro atoms. The first-order chi connectivity index (χ1) is 19.5. The van der Waals surface area contributed by atoms with Crippen LogP contribution in [0.15, 0.2) is 52.3 Å². The maximum absolute atomic E-state index is 13.9. The van der Waals surface area contributed by atoms with E-state index in [2.05, 4.69) is 38.1 Å². The van der Waals surface area contributed by atoms with Gasteiger partial charge in [0.25, 0.3) is 0 Å². The van der Waals surface area contributed by atoms with Crippen molar-refractivity contribution >= 4 is 11.7 Å². The van der Waals surface area contributed by atoms with E-state index in [1.54, 1.807) is 26.0 Å². The summed E-state index contributed by atoms with van der Waals surface area (Å²) in [5.41, 5.74) is 0.762. The van der Waals surface area contributed by atoms with Crippen molar-refractivity contribution in [2.75, 3.05) is 6.61 Å². The van der Waals surface area contributed by atoms with Crippen LogP contribution in [0.25, 0.3) is 0 Å². The second-order valence-electron chi connectivity index (χ2n) is 12.9. The average Bonchev–Trinajstić information content (AvgIpc) is 3.24. The van der Waals surface area contributed by atoms with E-state index in [0.29, 0.717) is 36.8 Å². The van der Waals surface area contributed by atoms with Crippen molar-refractivity contribution in [3.8, 4) is 0 Å². The van der Waals surface area contributed by atoms with Crippen molar-refractivity contribution < 1.29 is 39.2 Å². The SMILES string of the molecule is CC1=C[C@H]2C(=O)O[C@H]3C[C@@H](C/C=C(\C)C[C@@H](C)/C=C/C=C4\CO[C@H](/C1=N\O)[C@@]42O)O[C@@]1(CC[C@H](C)[C@@H](C(C)O)O1)C3. The van der Waals surface area contributed by atoms with E-state index in [4.69, 9.17) is 18.9 Å². The molecule has 1 unspecified atom stereocenters. The van der Waals surface area contributed by atoms with Crippen molar-refractivity contribution in [3.63, 3.8) is 0 Å². The number of hydrogen-bond donors (Lipinski definition) is 3. The van der Waals surface area contributed by atoms with Crippen LogP contribution in [0.4, 0.5) is 0 Å². The van der Waals surface area contributed by atoms with E-state index in [1.807, 2.05) is 6.08 Å². The highest BCUT2D eigenvalue weighted by atomic mass is 16.7. The molecule has 0 radical (unpaired) electrons. The van der Waals surface area contributed by atoms with Gasteiger partial charge in [-0.15, -0.1) is 0 Å². The minimum absolute atomic E-state index is 0.0952. The fourth-order valence-electron chi connectivity index (χ4n) is 7.26. The zero-order valence-electron chi connectivity index (χ0n) is 24.8. The number of aliphatic hydroxyl groups is 2. The third-order valence-electron chi connectivity index (χ3n) is 9.43. The van der Waals surface area contributed by atoms with Gasteiger partial charge in [0, 0.05) is 19.3 Å². The highest BCUT2D eigenvalue weighted by Gasteiger charge is 2.59. The quantitative estimate of drug-likeness (QED) is 0.183. The van der Waals surface area contributed by atoms with Crippen LogP contribution in [0.2, 0.25) is 0 Å². The Hall–Kier alpha value is -2.30. The van der Waals surface area contributed by atoms with Gasteiger partial charge < -0.3 is 34.4 Å². The van der Waals surface area contributed by atoms with Crippen molar-refractivity contribution in [1.82, 2.24) is 0 Å². The van der Waals surface area contributed by atoms with E-state index in [9.17, 15) is 20.2 Å². The van der Waals surface area contributed by atoms with E-state index in [1.165, 1.54) is 5.57 Å². The fraction of sp³-hybridized carbons (Fsp3) is 0.688. The number of rotatable bonds is 1. The molecule has 9 heteroatoms. The normalized spacial score (nSPS) is 46.9. The van der Waals surface area contributed by atoms with Gasteiger partial charge in [-0.3, -0.25) is 4.79 Å². The van der Waals surface area contributed by atoms with E-state index in [0.717, 1.165) is 12.8 Å². The monoisotopic (exact) mass is 571 g/mol. The molecule has 3 N–H and O–H groups in total. The lowest BCUT2D eigenvalue weighted by molar-refractivity contribution is -0.343. The summed E-state index contributed by atoms with van der Waals surface area (Å²) in [5.74, 6) is -2.18. The number of allylic oxidation sites excluding steroid dienone is 4. The molecule has 10 atom stereocenters. The first-order valence-corrected chi connectivity index (χ1v) is 15.0. The Morgan fingerprint density at radius 1 is 1.17 bits per heavy atom. The minimum atomic E-state index is -1.75. The highest BCUT2D eigenvalue weighted by Crippen LogP contribution is 2.46. The van der Waals surface area contributed by atoms with Crippen LogP contribution in [0.5, 0.6) is 0 Å². The van der Waals surface area contributed by atoms with Gasteiger partial charge in [-0.1, -0.05) is 55.0 Å². The first-order valence-electron chi connectivity index (χ1n) is 15.0. The summed E-state index contributed by atoms with van der Waals surface area (Å²) in [6.45, 7) is 9.88. The number of nitrogens with zero attached hydrogens (tertiary/aromatic N) is 1. The molecule has 0 aromatic heterocycles. The van der Waals surface area contributed by atoms with Gasteiger partial charge in [0.1, 0.15) is 29.4 Å². The van der Waals surface area contributed by atoms with Gasteiger partial charge in [0.15, 0.2) is 5.79 Å². The molecule has 0 aromatic rings. The van der Waals surface area contributed by atoms with Crippen molar-refractivity contribution in [2.45, 2.75) is 115 Å². The summed E-state index contributed by atoms with van der Waals surface area (Å²) in [7, 11) is 0. The third kappa shape index (κ3) is 5.84. The molecule has 226 valence electrons. The van der Waals surface area contributed by atoms with Crippen molar-refractivity contribution in [2.24, 2.45) is 22.9 Å². The van der Waals surface area contributed by atoms with E-state index in [-0.39, 0.29) is 36.4 Å². The van der Waals surface area contributed by atoms with Crippen LogP contribution in [0.1, 0.15) is 73.1 Å². The summed E-state index contributed by atoms with van der Waals surface area (Å²) >= 11 is 0. The molecule has 9 nitrogen and oxygen atoms in total. The second-order valence-corrected chi connectivity index (χ2v) is 12.9. The molecule has 3 fully saturated rings. The number of fused-ring (bicyclic) bond motifs is 2. The molecule has 0 saturated carbocycles. The molecule has 4 heterocycles. The number of carbonyl (C=O) groups is 1. The summed E-state index contributed by atoms with van der Waals surface area (Å²) < 4.78 is 25.3. The molecule has 2 bridgehead atoms. The molecule has 3 saturated heterocycles. The topological polar surface area (TPSA) is 127 Å². The van der Waals surface area contributed by atoms with Crippen LogP contribution < -0.4 is 0 Å². The Balaban J connectivity index is 1.53. The average molecular weight is 572 g/mol. The largest absolute Gasteiger partial charge is 0.462 e. The second kappa shape index (κ2) is 11.8. The van der Waals surface area contributed by atoms with Crippen molar-refractivity contribution in [1.29, 1.82) is 0 Å². The molecule has 4 aliphatic heterocycles. The Morgan fingerprint density at radius 3 is 2.68 bits per heavy atom. The molecule has 41 heavy (non-hydrogen) atoms. The fourth-order valence-corrected chi connectivity index (χ4v) is 7.26. The van der Waals surface area contributed by atoms with Gasteiger partial charge in [-0.05, 0) is 63.0 Å². The molecule has 0 aromatic carbocycles. The van der Waals surface area contributed by atoms with Gasteiger partial charge in [0.05, 0.1) is 24.9 Å². The highest BCUT2D eigenvalue weighted by molar-refractivity contribution is 6.06. The van der Waals surface area contributed by atoms with E-state index < -0.39 is 41.6 Å². The number of ether oxygens (including phenoxy) is 4. The van der Waals surface area contributed by atoms with Gasteiger partial charge in [-0.25, -0.2) is 0 Å². The lowest BCUT2D eigenvalue weighted by Gasteiger charge is -2.50. The molecular weight excluding hydrogens is 526 g/mol. The number of esters is 1. The predicted octanol–water partition coefficient (Wildman–Crippen LogP) is 4.36. The molecular formula is C32H45NO8. The summed E-state index contributed by atoms with van der Waals surface area (Å²) in [6, 6.07) is 0. The Morgan fingerprint density at radius 2 is 1.95 bits per heavy atom. The van der Waals surface area contributed by atoms with Crippen LogP contribution in [-0.2, 0) is 23.7 Å². The van der Waals surface area contributed by atoms with E-state index >= 15 is 0 Å². The van der Waals surface area contributed by atoms with Crippen LogP contribution in [0, 0.1) is 17.8 Å². The minimum Gasteiger partial charge on any atom is -0.462 e. The zero-order valence-corrected chi connectivity index (χ0v) is 24.8. The Bertz CT molecular complexity index is 1170. The smallest absolute Gasteiger partial charge is 0.316 e. The Kier molecular flexibility index (Phi) is 8.66. The summed E-state index contributed by atoms with van der Waals surface area (Å²) in [6.07, 6.45) is 10.6. The number of hydrogen-bond acceptors (Lipinski definition) is 9. The van der Waals surface area contributed by atoms with Crippen LogP contribution >= 0.6 is 0 Å². The van der Waals surface area contributed by atoms with Gasteiger partial charge >= 0.3 is 5.97 Å². The molecule has 0 amide bonds. The van der Waals surface area contributed by atoms with Gasteiger partial charge in [-0.2, -0.15) is 0 Å². The maximum atomic E-state index is 13.9. The lowest BCUT2D eigenvalue weighted by Crippen LogP contribution is -2.58.